The largest absolute Gasteiger partial charge is 0.415 e. The molecule has 0 spiro atoms. The van der Waals surface area contributed by atoms with Gasteiger partial charge in [-0.25, -0.2) is 4.79 Å². The van der Waals surface area contributed by atoms with Gasteiger partial charge in [-0.1, -0.05) is 6.58 Å². The van der Waals surface area contributed by atoms with Gasteiger partial charge in [0.05, 0.1) is 0 Å². The Morgan fingerprint density at radius 1 is 1.80 bits per heavy atom. The molecule has 0 aliphatic heterocycles. The minimum absolute atomic E-state index is 0.195. The molecule has 0 radical (unpaired) electrons. The van der Waals surface area contributed by atoms with Crippen LogP contribution in [0.4, 0.5) is 0 Å². The maximum Gasteiger partial charge on any atom is 0.336 e. The molecular weight excluding hydrogens is 156 g/mol. The van der Waals surface area contributed by atoms with Crippen LogP contribution >= 0.6 is 11.6 Å². The number of hydrogen-bond acceptors (Lipinski definition) is 3. The first kappa shape index (κ1) is 9.46. The van der Waals surface area contributed by atoms with E-state index in [1.165, 1.54) is 6.92 Å². The number of carbonyl (C=O) groups excluding carboxylic acids is 1. The number of esters is 1. The van der Waals surface area contributed by atoms with Crippen molar-refractivity contribution in [3.8, 4) is 0 Å². The third-order valence-electron chi connectivity index (χ3n) is 0.627. The SMILES string of the molecule is C=C(C)C(=O)OC(C)(O)Cl. The van der Waals surface area contributed by atoms with Crippen molar-refractivity contribution >= 4 is 17.6 Å². The Kier molecular flexibility index (Phi) is 2.87. The van der Waals surface area contributed by atoms with Crippen molar-refractivity contribution in [3.05, 3.63) is 12.2 Å². The van der Waals surface area contributed by atoms with Gasteiger partial charge in [0.25, 0.3) is 5.25 Å². The second-order valence-electron chi connectivity index (χ2n) is 2.04. The summed E-state index contributed by atoms with van der Waals surface area (Å²) in [4.78, 5) is 10.6. The molecule has 0 rings (SSSR count). The van der Waals surface area contributed by atoms with Crippen LogP contribution in [0.2, 0.25) is 0 Å². The maximum absolute atomic E-state index is 10.6. The van der Waals surface area contributed by atoms with Crippen LogP contribution < -0.4 is 0 Å². The number of aliphatic hydroxyl groups is 1. The Bertz CT molecular complexity index is 157. The van der Waals surface area contributed by atoms with Crippen LogP contribution in [0.5, 0.6) is 0 Å². The number of rotatable bonds is 2. The van der Waals surface area contributed by atoms with E-state index in [1.54, 1.807) is 0 Å². The number of ether oxygens (including phenoxy) is 1. The summed E-state index contributed by atoms with van der Waals surface area (Å²) in [6, 6.07) is 0. The van der Waals surface area contributed by atoms with Crippen molar-refractivity contribution in [3.63, 3.8) is 0 Å². The van der Waals surface area contributed by atoms with Crippen LogP contribution in [0.15, 0.2) is 12.2 Å². The predicted molar refractivity (Wildman–Crippen MR) is 37.4 cm³/mol. The van der Waals surface area contributed by atoms with Gasteiger partial charge in [0.2, 0.25) is 0 Å². The lowest BCUT2D eigenvalue weighted by molar-refractivity contribution is -0.169. The molecule has 0 aliphatic carbocycles. The standard InChI is InChI=1S/C6H9ClO3/c1-4(2)5(8)10-6(3,7)9/h9H,1H2,2-3H3. The summed E-state index contributed by atoms with van der Waals surface area (Å²) in [6.07, 6.45) is 0. The van der Waals surface area contributed by atoms with E-state index in [9.17, 15) is 4.79 Å². The molecule has 58 valence electrons. The fraction of sp³-hybridized carbons (Fsp3) is 0.500. The van der Waals surface area contributed by atoms with Crippen molar-refractivity contribution in [1.29, 1.82) is 0 Å². The molecule has 0 saturated carbocycles. The predicted octanol–water partition coefficient (Wildman–Crippen LogP) is 1.01. The van der Waals surface area contributed by atoms with E-state index < -0.39 is 11.2 Å². The van der Waals surface area contributed by atoms with Gasteiger partial charge in [-0.3, -0.25) is 0 Å². The smallest absolute Gasteiger partial charge is 0.336 e. The van der Waals surface area contributed by atoms with Crippen molar-refractivity contribution in [2.75, 3.05) is 0 Å². The topological polar surface area (TPSA) is 46.5 Å². The maximum atomic E-state index is 10.6. The first-order valence-corrected chi connectivity index (χ1v) is 3.01. The first-order valence-electron chi connectivity index (χ1n) is 2.63. The summed E-state index contributed by atoms with van der Waals surface area (Å²) in [5.74, 6) is -0.708. The van der Waals surface area contributed by atoms with Crippen molar-refractivity contribution in [2.24, 2.45) is 0 Å². The molecule has 0 heterocycles. The zero-order valence-corrected chi connectivity index (χ0v) is 6.60. The van der Waals surface area contributed by atoms with Crippen molar-refractivity contribution in [2.45, 2.75) is 19.1 Å². The van der Waals surface area contributed by atoms with Crippen molar-refractivity contribution < 1.29 is 14.6 Å². The lowest BCUT2D eigenvalue weighted by Gasteiger charge is -2.14. The molecule has 0 amide bonds. The average Bonchev–Trinajstić information content (AvgIpc) is 1.60. The molecule has 0 aromatic rings. The summed E-state index contributed by atoms with van der Waals surface area (Å²) in [6.45, 7) is 5.91. The van der Waals surface area contributed by atoms with E-state index in [4.69, 9.17) is 16.7 Å². The molecule has 0 saturated heterocycles. The summed E-state index contributed by atoms with van der Waals surface area (Å²) in [5.41, 5.74) is 0.195. The summed E-state index contributed by atoms with van der Waals surface area (Å²) >= 11 is 5.14. The highest BCUT2D eigenvalue weighted by Gasteiger charge is 2.21. The fourth-order valence-corrected chi connectivity index (χ4v) is 0.326. The third-order valence-corrected chi connectivity index (χ3v) is 0.705. The molecule has 4 heteroatoms. The van der Waals surface area contributed by atoms with Gasteiger partial charge in [0.15, 0.2) is 0 Å². The lowest BCUT2D eigenvalue weighted by atomic mass is 10.4. The average molecular weight is 165 g/mol. The van der Waals surface area contributed by atoms with Crippen LogP contribution in [-0.4, -0.2) is 16.3 Å². The monoisotopic (exact) mass is 164 g/mol. The number of carbonyl (C=O) groups is 1. The zero-order valence-electron chi connectivity index (χ0n) is 5.85. The molecule has 0 bridgehead atoms. The first-order chi connectivity index (χ1) is 4.33. The van der Waals surface area contributed by atoms with E-state index in [-0.39, 0.29) is 5.57 Å². The lowest BCUT2D eigenvalue weighted by Crippen LogP contribution is -2.24. The van der Waals surface area contributed by atoms with Gasteiger partial charge >= 0.3 is 5.97 Å². The van der Waals surface area contributed by atoms with E-state index in [0.29, 0.717) is 0 Å². The Hall–Kier alpha value is -0.540. The molecule has 1 unspecified atom stereocenters. The number of hydrogen-bond donors (Lipinski definition) is 1. The van der Waals surface area contributed by atoms with Crippen LogP contribution in [0.3, 0.4) is 0 Å². The second kappa shape index (κ2) is 3.03. The number of alkyl halides is 1. The molecule has 3 nitrogen and oxygen atoms in total. The van der Waals surface area contributed by atoms with E-state index in [0.717, 1.165) is 6.92 Å². The van der Waals surface area contributed by atoms with Crippen LogP contribution in [0.1, 0.15) is 13.8 Å². The van der Waals surface area contributed by atoms with Crippen LogP contribution in [0.25, 0.3) is 0 Å². The Labute approximate surface area is 64.2 Å². The van der Waals surface area contributed by atoms with Gasteiger partial charge in [0.1, 0.15) is 0 Å². The Balaban J connectivity index is 3.93. The molecule has 10 heavy (non-hydrogen) atoms. The van der Waals surface area contributed by atoms with Gasteiger partial charge in [-0.15, -0.1) is 0 Å². The van der Waals surface area contributed by atoms with Gasteiger partial charge in [-0.2, -0.15) is 0 Å². The van der Waals surface area contributed by atoms with Crippen LogP contribution in [-0.2, 0) is 9.53 Å². The molecule has 0 aliphatic rings. The van der Waals surface area contributed by atoms with Gasteiger partial charge in [-0.05, 0) is 18.5 Å². The normalized spacial score (nSPS) is 15.6. The molecule has 0 fully saturated rings. The summed E-state index contributed by atoms with van der Waals surface area (Å²) in [7, 11) is 0. The molecule has 0 aromatic heterocycles. The highest BCUT2D eigenvalue weighted by Crippen LogP contribution is 2.12. The third kappa shape index (κ3) is 4.35. The quantitative estimate of drug-likeness (QED) is 0.287. The molecule has 1 N–H and O–H groups in total. The van der Waals surface area contributed by atoms with E-state index in [2.05, 4.69) is 11.3 Å². The molecule has 0 aromatic carbocycles. The second-order valence-corrected chi connectivity index (χ2v) is 2.74. The molecular formula is C6H9ClO3. The van der Waals surface area contributed by atoms with Crippen molar-refractivity contribution in [1.82, 2.24) is 0 Å². The summed E-state index contributed by atoms with van der Waals surface area (Å²) < 4.78 is 4.28. The summed E-state index contributed by atoms with van der Waals surface area (Å²) in [5, 5.41) is 6.78. The van der Waals surface area contributed by atoms with Crippen LogP contribution in [0, 0.1) is 0 Å². The number of halogens is 1. The van der Waals surface area contributed by atoms with E-state index in [1.807, 2.05) is 0 Å². The van der Waals surface area contributed by atoms with E-state index >= 15 is 0 Å². The van der Waals surface area contributed by atoms with Gasteiger partial charge in [0, 0.05) is 12.5 Å². The highest BCUT2D eigenvalue weighted by atomic mass is 35.5. The Morgan fingerprint density at radius 2 is 2.20 bits per heavy atom. The minimum Gasteiger partial charge on any atom is -0.415 e. The molecule has 1 atom stereocenters. The Morgan fingerprint density at radius 3 is 2.30 bits per heavy atom. The zero-order chi connectivity index (χ0) is 8.36. The fourth-order valence-electron chi connectivity index (χ4n) is 0.256. The highest BCUT2D eigenvalue weighted by molar-refractivity contribution is 6.22. The van der Waals surface area contributed by atoms with Gasteiger partial charge < -0.3 is 9.84 Å². The minimum atomic E-state index is -1.93.